The third-order valence-corrected chi connectivity index (χ3v) is 5.06. The van der Waals surface area contributed by atoms with Gasteiger partial charge in [-0.05, 0) is 36.5 Å². The van der Waals surface area contributed by atoms with E-state index in [2.05, 4.69) is 34.6 Å². The number of carbonyl (C=O) groups is 1. The van der Waals surface area contributed by atoms with Crippen molar-refractivity contribution in [2.45, 2.75) is 73.3 Å². The summed E-state index contributed by atoms with van der Waals surface area (Å²) >= 11 is 0. The van der Waals surface area contributed by atoms with Crippen molar-refractivity contribution in [1.29, 1.82) is 0 Å². The maximum Gasteiger partial charge on any atom is 0.305 e. The van der Waals surface area contributed by atoms with Crippen molar-refractivity contribution in [1.82, 2.24) is 0 Å². The van der Waals surface area contributed by atoms with Crippen LogP contribution < -0.4 is 0 Å². The quantitative estimate of drug-likeness (QED) is 0.694. The van der Waals surface area contributed by atoms with Crippen LogP contribution in [0.1, 0.15) is 67.2 Å². The predicted molar refractivity (Wildman–Crippen MR) is 75.3 cm³/mol. The van der Waals surface area contributed by atoms with E-state index in [0.717, 1.165) is 12.3 Å². The minimum Gasteiger partial charge on any atom is -0.462 e. The molecule has 1 rings (SSSR count). The highest BCUT2D eigenvalue weighted by Crippen LogP contribution is 2.46. The van der Waals surface area contributed by atoms with Crippen LogP contribution in [0, 0.1) is 23.2 Å². The van der Waals surface area contributed by atoms with Crippen LogP contribution in [-0.4, -0.2) is 12.1 Å². The normalized spacial score (nSPS) is 29.4. The van der Waals surface area contributed by atoms with Gasteiger partial charge >= 0.3 is 5.97 Å². The molecule has 0 aromatic heterocycles. The molecular formula is C16H30O2. The molecule has 0 N–H and O–H groups in total. The van der Waals surface area contributed by atoms with Crippen molar-refractivity contribution in [2.24, 2.45) is 23.2 Å². The summed E-state index contributed by atoms with van der Waals surface area (Å²) in [4.78, 5) is 11.6. The molecule has 1 aliphatic rings. The van der Waals surface area contributed by atoms with Gasteiger partial charge in [-0.1, -0.05) is 41.5 Å². The van der Waals surface area contributed by atoms with Crippen molar-refractivity contribution < 1.29 is 9.53 Å². The van der Waals surface area contributed by atoms with E-state index in [9.17, 15) is 4.79 Å². The molecule has 18 heavy (non-hydrogen) atoms. The third kappa shape index (κ3) is 3.49. The summed E-state index contributed by atoms with van der Waals surface area (Å²) in [7, 11) is 0. The molecule has 3 atom stereocenters. The molecule has 1 saturated carbocycles. The van der Waals surface area contributed by atoms with Gasteiger partial charge in [-0.15, -0.1) is 0 Å². The smallest absolute Gasteiger partial charge is 0.305 e. The van der Waals surface area contributed by atoms with E-state index in [4.69, 9.17) is 4.74 Å². The molecule has 2 nitrogen and oxygen atoms in total. The van der Waals surface area contributed by atoms with Gasteiger partial charge in [-0.25, -0.2) is 0 Å². The van der Waals surface area contributed by atoms with Crippen molar-refractivity contribution in [3.8, 4) is 0 Å². The Hall–Kier alpha value is -0.530. The lowest BCUT2D eigenvalue weighted by molar-refractivity contribution is -0.159. The molecule has 0 heterocycles. The van der Waals surface area contributed by atoms with Gasteiger partial charge in [0.05, 0.1) is 0 Å². The van der Waals surface area contributed by atoms with Crippen LogP contribution in [0.3, 0.4) is 0 Å². The number of hydrogen-bond donors (Lipinski definition) is 0. The lowest BCUT2D eigenvalue weighted by Gasteiger charge is -2.46. The molecule has 106 valence electrons. The Morgan fingerprint density at radius 1 is 1.33 bits per heavy atom. The average molecular weight is 254 g/mol. The topological polar surface area (TPSA) is 26.3 Å². The molecule has 0 bridgehead atoms. The fourth-order valence-electron chi connectivity index (χ4n) is 2.96. The third-order valence-electron chi connectivity index (χ3n) is 5.06. The molecule has 0 unspecified atom stereocenters. The van der Waals surface area contributed by atoms with Gasteiger partial charge in [0, 0.05) is 12.3 Å². The highest BCUT2D eigenvalue weighted by molar-refractivity contribution is 5.69. The highest BCUT2D eigenvalue weighted by atomic mass is 16.5. The Bertz CT molecular complexity index is 281. The second-order valence-electron chi connectivity index (χ2n) is 6.88. The number of carbonyl (C=O) groups excluding carboxylic acids is 1. The van der Waals surface area contributed by atoms with Crippen molar-refractivity contribution >= 4 is 5.97 Å². The monoisotopic (exact) mass is 254 g/mol. The van der Waals surface area contributed by atoms with Crippen LogP contribution in [0.25, 0.3) is 0 Å². The van der Waals surface area contributed by atoms with Crippen LogP contribution in [0.5, 0.6) is 0 Å². The summed E-state index contributed by atoms with van der Waals surface area (Å²) < 4.78 is 5.70. The summed E-state index contributed by atoms with van der Waals surface area (Å²) in [5.74, 6) is 1.82. The minimum atomic E-state index is -0.0425. The molecule has 2 heteroatoms. The molecule has 0 spiro atoms. The molecule has 0 saturated heterocycles. The molecule has 0 radical (unpaired) electrons. The average Bonchev–Trinajstić information content (AvgIpc) is 2.30. The zero-order chi connectivity index (χ0) is 13.9. The van der Waals surface area contributed by atoms with Gasteiger partial charge in [0.2, 0.25) is 0 Å². The standard InChI is InChI=1S/C16H30O2/c1-7-15(17)18-14-9-8-12(4)10-13(14)16(5,6)11(2)3/h11-14H,7-10H2,1-6H3/t12-,13-,14-/m0/s1. The van der Waals surface area contributed by atoms with Gasteiger partial charge in [-0.2, -0.15) is 0 Å². The molecule has 0 aromatic carbocycles. The molecule has 0 amide bonds. The van der Waals surface area contributed by atoms with E-state index in [0.29, 0.717) is 18.3 Å². The summed E-state index contributed by atoms with van der Waals surface area (Å²) in [5.41, 5.74) is 0.230. The summed E-state index contributed by atoms with van der Waals surface area (Å²) in [5, 5.41) is 0. The molecular weight excluding hydrogens is 224 g/mol. The van der Waals surface area contributed by atoms with E-state index < -0.39 is 0 Å². The Balaban J connectivity index is 2.83. The van der Waals surface area contributed by atoms with Gasteiger partial charge in [0.25, 0.3) is 0 Å². The number of hydrogen-bond acceptors (Lipinski definition) is 2. The van der Waals surface area contributed by atoms with E-state index >= 15 is 0 Å². The summed E-state index contributed by atoms with van der Waals surface area (Å²) in [6.45, 7) is 13.4. The fourth-order valence-corrected chi connectivity index (χ4v) is 2.96. The maximum absolute atomic E-state index is 11.6. The first-order valence-corrected chi connectivity index (χ1v) is 7.48. The molecule has 1 aliphatic carbocycles. The highest BCUT2D eigenvalue weighted by Gasteiger charge is 2.42. The SMILES string of the molecule is CCC(=O)O[C@H]1CC[C@H](C)C[C@@H]1C(C)(C)C(C)C. The number of esters is 1. The summed E-state index contributed by atoms with van der Waals surface area (Å²) in [6, 6.07) is 0. The Kier molecular flexibility index (Phi) is 5.24. The predicted octanol–water partition coefficient (Wildman–Crippen LogP) is 4.43. The van der Waals surface area contributed by atoms with Gasteiger partial charge < -0.3 is 4.74 Å². The Morgan fingerprint density at radius 2 is 1.94 bits per heavy atom. The molecule has 0 aromatic rings. The van der Waals surface area contributed by atoms with Gasteiger partial charge in [0.1, 0.15) is 6.10 Å². The Labute approximate surface area is 112 Å². The van der Waals surface area contributed by atoms with Crippen LogP contribution >= 0.6 is 0 Å². The van der Waals surface area contributed by atoms with Gasteiger partial charge in [0.15, 0.2) is 0 Å². The molecule has 1 fully saturated rings. The minimum absolute atomic E-state index is 0.0425. The van der Waals surface area contributed by atoms with E-state index in [-0.39, 0.29) is 17.5 Å². The first-order chi connectivity index (χ1) is 8.28. The second kappa shape index (κ2) is 6.08. The van der Waals surface area contributed by atoms with Crippen molar-refractivity contribution in [3.63, 3.8) is 0 Å². The van der Waals surface area contributed by atoms with Crippen molar-refractivity contribution in [2.75, 3.05) is 0 Å². The zero-order valence-electron chi connectivity index (χ0n) is 13.0. The van der Waals surface area contributed by atoms with Gasteiger partial charge in [-0.3, -0.25) is 4.79 Å². The largest absolute Gasteiger partial charge is 0.462 e. The number of ether oxygens (including phenoxy) is 1. The van der Waals surface area contributed by atoms with Crippen LogP contribution in [-0.2, 0) is 9.53 Å². The summed E-state index contributed by atoms with van der Waals surface area (Å²) in [6.07, 6.45) is 4.03. The van der Waals surface area contributed by atoms with Crippen LogP contribution in [0.15, 0.2) is 0 Å². The lowest BCUT2D eigenvalue weighted by Crippen LogP contribution is -2.43. The van der Waals surface area contributed by atoms with E-state index in [1.54, 1.807) is 0 Å². The van der Waals surface area contributed by atoms with E-state index in [1.165, 1.54) is 12.8 Å². The second-order valence-corrected chi connectivity index (χ2v) is 6.88. The zero-order valence-corrected chi connectivity index (χ0v) is 13.0. The maximum atomic E-state index is 11.6. The lowest BCUT2D eigenvalue weighted by atomic mass is 9.62. The van der Waals surface area contributed by atoms with Crippen molar-refractivity contribution in [3.05, 3.63) is 0 Å². The first kappa shape index (κ1) is 15.5. The van der Waals surface area contributed by atoms with Crippen LogP contribution in [0.2, 0.25) is 0 Å². The fraction of sp³-hybridized carbons (Fsp3) is 0.938. The number of rotatable bonds is 4. The first-order valence-electron chi connectivity index (χ1n) is 7.48. The molecule has 0 aliphatic heterocycles. The Morgan fingerprint density at radius 3 is 2.44 bits per heavy atom. The van der Waals surface area contributed by atoms with E-state index in [1.807, 2.05) is 6.92 Å². The van der Waals surface area contributed by atoms with Crippen LogP contribution in [0.4, 0.5) is 0 Å².